The highest BCUT2D eigenvalue weighted by Gasteiger charge is 2.08. The molecule has 0 radical (unpaired) electrons. The first kappa shape index (κ1) is 9.01. The number of hydrogen-bond donors (Lipinski definition) is 0. The Morgan fingerprint density at radius 2 is 2.36 bits per heavy atom. The molecular weight excluding hydrogens is 202 g/mol. The van der Waals surface area contributed by atoms with E-state index in [1.54, 1.807) is 0 Å². The van der Waals surface area contributed by atoms with E-state index >= 15 is 0 Å². The van der Waals surface area contributed by atoms with E-state index in [1.807, 2.05) is 0 Å². The molecule has 0 N–H and O–H groups in total. The zero-order valence-corrected chi connectivity index (χ0v) is 8.63. The Morgan fingerprint density at radius 1 is 1.64 bits per heavy atom. The van der Waals surface area contributed by atoms with E-state index < -0.39 is 0 Å². The summed E-state index contributed by atoms with van der Waals surface area (Å²) in [5, 5.41) is 0. The molecule has 2 heteroatoms. The average molecular weight is 216 g/mol. The molecule has 1 rings (SSSR count). The summed E-state index contributed by atoms with van der Waals surface area (Å²) < 4.78 is 1.22. The molecule has 1 nitrogen and oxygen atoms in total. The lowest BCUT2D eigenvalue weighted by molar-refractivity contribution is 0.359. The summed E-state index contributed by atoms with van der Waals surface area (Å²) in [6.07, 6.45) is 7.79. The van der Waals surface area contributed by atoms with E-state index in [4.69, 9.17) is 0 Å². The molecular formula is C9H14BrN. The Balaban J connectivity index is 2.44. The number of halogens is 1. The van der Waals surface area contributed by atoms with Crippen molar-refractivity contribution in [3.05, 3.63) is 22.7 Å². The first-order valence-electron chi connectivity index (χ1n) is 3.87. The van der Waals surface area contributed by atoms with Crippen LogP contribution in [0.4, 0.5) is 0 Å². The van der Waals surface area contributed by atoms with Crippen molar-refractivity contribution in [1.29, 1.82) is 0 Å². The fourth-order valence-electron chi connectivity index (χ4n) is 1.30. The lowest BCUT2D eigenvalue weighted by atomic mass is 10.0. The van der Waals surface area contributed by atoms with Crippen molar-refractivity contribution >= 4 is 15.9 Å². The third kappa shape index (κ3) is 3.21. The maximum absolute atomic E-state index is 3.47. The second kappa shape index (κ2) is 4.07. The summed E-state index contributed by atoms with van der Waals surface area (Å²) in [7, 11) is 4.22. The van der Waals surface area contributed by atoms with Crippen LogP contribution in [0.5, 0.6) is 0 Å². The van der Waals surface area contributed by atoms with Crippen molar-refractivity contribution in [2.75, 3.05) is 20.6 Å². The van der Waals surface area contributed by atoms with Crippen LogP contribution < -0.4 is 0 Å². The van der Waals surface area contributed by atoms with Gasteiger partial charge in [-0.1, -0.05) is 34.2 Å². The molecule has 1 unspecified atom stereocenters. The fraction of sp³-hybridized carbons (Fsp3) is 0.556. The Kier molecular flexibility index (Phi) is 3.34. The van der Waals surface area contributed by atoms with Crippen LogP contribution in [0, 0.1) is 5.92 Å². The molecule has 0 aromatic heterocycles. The zero-order valence-electron chi connectivity index (χ0n) is 7.05. The molecule has 62 valence electrons. The summed E-state index contributed by atoms with van der Waals surface area (Å²) in [6.45, 7) is 1.14. The van der Waals surface area contributed by atoms with Crippen molar-refractivity contribution in [3.63, 3.8) is 0 Å². The van der Waals surface area contributed by atoms with Gasteiger partial charge in [-0.15, -0.1) is 0 Å². The van der Waals surface area contributed by atoms with E-state index in [-0.39, 0.29) is 0 Å². The van der Waals surface area contributed by atoms with Crippen LogP contribution in [0.1, 0.15) is 6.42 Å². The fourth-order valence-corrected chi connectivity index (χ4v) is 1.86. The number of allylic oxidation sites excluding steroid dienone is 3. The highest BCUT2D eigenvalue weighted by Crippen LogP contribution is 2.20. The van der Waals surface area contributed by atoms with E-state index in [0.29, 0.717) is 5.92 Å². The smallest absolute Gasteiger partial charge is 0.0135 e. The lowest BCUT2D eigenvalue weighted by Gasteiger charge is -2.18. The molecule has 0 spiro atoms. The van der Waals surface area contributed by atoms with Gasteiger partial charge in [0.25, 0.3) is 0 Å². The van der Waals surface area contributed by atoms with Crippen LogP contribution in [0.25, 0.3) is 0 Å². The molecule has 0 saturated heterocycles. The van der Waals surface area contributed by atoms with Crippen LogP contribution in [-0.2, 0) is 0 Å². The third-order valence-electron chi connectivity index (χ3n) is 1.71. The Labute approximate surface area is 76.9 Å². The molecule has 1 aliphatic rings. The molecule has 0 saturated carbocycles. The minimum Gasteiger partial charge on any atom is -0.309 e. The van der Waals surface area contributed by atoms with Crippen molar-refractivity contribution < 1.29 is 0 Å². The van der Waals surface area contributed by atoms with Crippen molar-refractivity contribution in [2.45, 2.75) is 6.42 Å². The molecule has 0 aromatic rings. The maximum atomic E-state index is 3.47. The SMILES string of the molecule is CN(C)CC1C=C(Br)C=CC1. The average Bonchev–Trinajstić information content (AvgIpc) is 1.85. The molecule has 1 aliphatic carbocycles. The summed E-state index contributed by atoms with van der Waals surface area (Å²) in [5.41, 5.74) is 0. The summed E-state index contributed by atoms with van der Waals surface area (Å²) in [4.78, 5) is 2.22. The van der Waals surface area contributed by atoms with Crippen molar-refractivity contribution in [1.82, 2.24) is 4.90 Å². The van der Waals surface area contributed by atoms with Gasteiger partial charge in [0.05, 0.1) is 0 Å². The number of rotatable bonds is 2. The molecule has 0 bridgehead atoms. The summed E-state index contributed by atoms with van der Waals surface area (Å²) in [5.74, 6) is 0.685. The minimum atomic E-state index is 0.685. The van der Waals surface area contributed by atoms with Gasteiger partial charge in [-0.2, -0.15) is 0 Å². The number of hydrogen-bond acceptors (Lipinski definition) is 1. The minimum absolute atomic E-state index is 0.685. The monoisotopic (exact) mass is 215 g/mol. The van der Waals surface area contributed by atoms with Crippen LogP contribution in [-0.4, -0.2) is 25.5 Å². The Hall–Kier alpha value is -0.0800. The largest absolute Gasteiger partial charge is 0.309 e. The molecule has 0 fully saturated rings. The molecule has 0 amide bonds. The molecule has 11 heavy (non-hydrogen) atoms. The van der Waals surface area contributed by atoms with Gasteiger partial charge in [0, 0.05) is 11.0 Å². The van der Waals surface area contributed by atoms with Crippen LogP contribution in [0.2, 0.25) is 0 Å². The van der Waals surface area contributed by atoms with Gasteiger partial charge < -0.3 is 4.90 Å². The second-order valence-corrected chi connectivity index (χ2v) is 4.13. The topological polar surface area (TPSA) is 3.24 Å². The second-order valence-electron chi connectivity index (χ2n) is 3.21. The third-order valence-corrected chi connectivity index (χ3v) is 2.24. The van der Waals surface area contributed by atoms with Gasteiger partial charge in [0.1, 0.15) is 0 Å². The predicted octanol–water partition coefficient (Wildman–Crippen LogP) is 2.40. The maximum Gasteiger partial charge on any atom is 0.0135 e. The quantitative estimate of drug-likeness (QED) is 0.685. The van der Waals surface area contributed by atoms with Gasteiger partial charge in [0.15, 0.2) is 0 Å². The van der Waals surface area contributed by atoms with E-state index in [0.717, 1.165) is 6.54 Å². The van der Waals surface area contributed by atoms with E-state index in [1.165, 1.54) is 10.9 Å². The van der Waals surface area contributed by atoms with Crippen LogP contribution >= 0.6 is 15.9 Å². The van der Waals surface area contributed by atoms with E-state index in [9.17, 15) is 0 Å². The van der Waals surface area contributed by atoms with Gasteiger partial charge in [-0.05, 0) is 26.4 Å². The summed E-state index contributed by atoms with van der Waals surface area (Å²) in [6, 6.07) is 0. The van der Waals surface area contributed by atoms with Gasteiger partial charge in [-0.25, -0.2) is 0 Å². The molecule has 0 aromatic carbocycles. The van der Waals surface area contributed by atoms with Gasteiger partial charge in [0.2, 0.25) is 0 Å². The first-order chi connectivity index (χ1) is 5.18. The first-order valence-corrected chi connectivity index (χ1v) is 4.66. The summed E-state index contributed by atoms with van der Waals surface area (Å²) >= 11 is 3.47. The van der Waals surface area contributed by atoms with E-state index in [2.05, 4.69) is 53.2 Å². The Bertz CT molecular complexity index is 182. The van der Waals surface area contributed by atoms with Crippen molar-refractivity contribution in [2.24, 2.45) is 5.92 Å². The van der Waals surface area contributed by atoms with Crippen LogP contribution in [0.3, 0.4) is 0 Å². The standard InChI is InChI=1S/C9H14BrN/c1-11(2)7-8-4-3-5-9(10)6-8/h3,5-6,8H,4,7H2,1-2H3. The normalized spacial score (nSPS) is 24.0. The van der Waals surface area contributed by atoms with Crippen molar-refractivity contribution in [3.8, 4) is 0 Å². The predicted molar refractivity (Wildman–Crippen MR) is 52.8 cm³/mol. The lowest BCUT2D eigenvalue weighted by Crippen LogP contribution is -2.20. The zero-order chi connectivity index (χ0) is 8.27. The van der Waals surface area contributed by atoms with Gasteiger partial charge in [-0.3, -0.25) is 0 Å². The van der Waals surface area contributed by atoms with Gasteiger partial charge >= 0.3 is 0 Å². The molecule has 1 atom stereocenters. The number of nitrogens with zero attached hydrogens (tertiary/aromatic N) is 1. The molecule has 0 aliphatic heterocycles. The molecule has 0 heterocycles. The van der Waals surface area contributed by atoms with Crippen LogP contribution in [0.15, 0.2) is 22.7 Å². The highest BCUT2D eigenvalue weighted by molar-refractivity contribution is 9.11. The Morgan fingerprint density at radius 3 is 2.91 bits per heavy atom. The highest BCUT2D eigenvalue weighted by atomic mass is 79.9.